The van der Waals surface area contributed by atoms with Crippen LogP contribution < -0.4 is 10.6 Å². The highest BCUT2D eigenvalue weighted by Gasteiger charge is 2.10. The van der Waals surface area contributed by atoms with Gasteiger partial charge in [0.2, 0.25) is 0 Å². The number of thioether (sulfide) groups is 1. The second kappa shape index (κ2) is 10.7. The van der Waals surface area contributed by atoms with Crippen LogP contribution in [0.1, 0.15) is 6.42 Å². The topological polar surface area (TPSA) is 84.5 Å². The van der Waals surface area contributed by atoms with Crippen LogP contribution in [0.5, 0.6) is 0 Å². The molecule has 0 saturated carbocycles. The van der Waals surface area contributed by atoms with Gasteiger partial charge >= 0.3 is 12.0 Å². The number of amides is 3. The summed E-state index contributed by atoms with van der Waals surface area (Å²) in [4.78, 5) is 35.0. The number of halogens is 1. The largest absolute Gasteiger partial charge is 0.456 e. The Bertz CT molecular complexity index is 563. The average molecular weight is 357 g/mol. The lowest BCUT2D eigenvalue weighted by atomic mass is 10.4. The van der Waals surface area contributed by atoms with Gasteiger partial charge in [0.1, 0.15) is 0 Å². The molecule has 0 spiro atoms. The van der Waals surface area contributed by atoms with E-state index in [-0.39, 0.29) is 13.0 Å². The molecule has 1 rings (SSSR count). The minimum atomic E-state index is -0.690. The quantitative estimate of drug-likeness (QED) is 0.424. The molecule has 0 saturated heterocycles. The number of hydrogen-bond acceptors (Lipinski definition) is 5. The Morgan fingerprint density at radius 1 is 1.26 bits per heavy atom. The Hall–Kier alpha value is -1.99. The van der Waals surface area contributed by atoms with Crippen molar-refractivity contribution in [2.45, 2.75) is 11.3 Å². The van der Waals surface area contributed by atoms with E-state index in [2.05, 4.69) is 11.9 Å². The molecule has 0 bridgehead atoms. The number of hydrogen-bond donors (Lipinski definition) is 2. The molecule has 0 radical (unpaired) electrons. The zero-order valence-corrected chi connectivity index (χ0v) is 13.9. The fourth-order valence-electron chi connectivity index (χ4n) is 1.37. The number of urea groups is 1. The molecule has 0 heterocycles. The summed E-state index contributed by atoms with van der Waals surface area (Å²) in [7, 11) is 0. The molecular formula is C15H17ClN2O4S. The summed E-state index contributed by atoms with van der Waals surface area (Å²) < 4.78 is 4.78. The van der Waals surface area contributed by atoms with Crippen LogP contribution >= 0.6 is 23.4 Å². The second-order valence-electron chi connectivity index (χ2n) is 4.26. The molecule has 0 aliphatic heterocycles. The summed E-state index contributed by atoms with van der Waals surface area (Å²) in [5, 5.41) is 5.04. The highest BCUT2D eigenvalue weighted by Crippen LogP contribution is 2.20. The number of nitrogens with one attached hydrogen (secondary N) is 2. The van der Waals surface area contributed by atoms with Crippen LogP contribution in [0, 0.1) is 0 Å². The van der Waals surface area contributed by atoms with E-state index < -0.39 is 24.5 Å². The zero-order valence-electron chi connectivity index (χ0n) is 12.3. The number of rotatable bonds is 8. The van der Waals surface area contributed by atoms with E-state index in [1.54, 1.807) is 12.1 Å². The first kappa shape index (κ1) is 19.1. The Labute approximate surface area is 143 Å². The molecule has 124 valence electrons. The third-order valence-corrected chi connectivity index (χ3v) is 3.68. The lowest BCUT2D eigenvalue weighted by Crippen LogP contribution is -2.41. The van der Waals surface area contributed by atoms with Gasteiger partial charge in [-0.05, 0) is 24.3 Å². The van der Waals surface area contributed by atoms with Crippen LogP contribution in [-0.4, -0.2) is 36.8 Å². The Morgan fingerprint density at radius 3 is 2.61 bits per heavy atom. The molecule has 8 heteroatoms. The number of carbonyl (C=O) groups excluding carboxylic acids is 3. The van der Waals surface area contributed by atoms with Gasteiger partial charge in [-0.15, -0.1) is 18.3 Å². The van der Waals surface area contributed by atoms with E-state index in [1.807, 2.05) is 17.4 Å². The molecule has 0 aliphatic carbocycles. The minimum Gasteiger partial charge on any atom is -0.456 e. The second-order valence-corrected chi connectivity index (χ2v) is 5.86. The lowest BCUT2D eigenvalue weighted by Gasteiger charge is -2.06. The molecule has 1 aromatic rings. The lowest BCUT2D eigenvalue weighted by molar-refractivity contribution is -0.147. The molecule has 0 aromatic heterocycles. The summed E-state index contributed by atoms with van der Waals surface area (Å²) in [6.45, 7) is 3.16. The standard InChI is InChI=1S/C15H17ClN2O4S/c1-2-8-17-15(21)18-13(19)10-22-14(20)7-9-23-12-5-3-11(16)4-6-12/h2-6H,1,7-10H2,(H2,17,18,19,21). The summed E-state index contributed by atoms with van der Waals surface area (Å²) in [5.74, 6) is -0.680. The fraction of sp³-hybridized carbons (Fsp3) is 0.267. The van der Waals surface area contributed by atoms with Crippen LogP contribution in [0.4, 0.5) is 4.79 Å². The van der Waals surface area contributed by atoms with Crippen LogP contribution in [0.3, 0.4) is 0 Å². The van der Waals surface area contributed by atoms with Crippen molar-refractivity contribution in [1.82, 2.24) is 10.6 Å². The van der Waals surface area contributed by atoms with Gasteiger partial charge in [-0.1, -0.05) is 17.7 Å². The van der Waals surface area contributed by atoms with Gasteiger partial charge in [0.25, 0.3) is 5.91 Å². The summed E-state index contributed by atoms with van der Waals surface area (Å²) in [5.41, 5.74) is 0. The molecule has 6 nitrogen and oxygen atoms in total. The highest BCUT2D eigenvalue weighted by molar-refractivity contribution is 7.99. The first-order chi connectivity index (χ1) is 11.0. The van der Waals surface area contributed by atoms with Crippen LogP contribution in [-0.2, 0) is 14.3 Å². The van der Waals surface area contributed by atoms with Crippen molar-refractivity contribution in [3.63, 3.8) is 0 Å². The molecule has 1 aromatic carbocycles. The first-order valence-corrected chi connectivity index (χ1v) is 8.10. The number of benzene rings is 1. The van der Waals surface area contributed by atoms with Gasteiger partial charge in [0.05, 0.1) is 6.42 Å². The fourth-order valence-corrected chi connectivity index (χ4v) is 2.33. The van der Waals surface area contributed by atoms with Crippen molar-refractivity contribution in [3.05, 3.63) is 41.9 Å². The van der Waals surface area contributed by atoms with Gasteiger partial charge < -0.3 is 10.1 Å². The Morgan fingerprint density at radius 2 is 1.96 bits per heavy atom. The number of ether oxygens (including phenoxy) is 1. The molecule has 2 N–H and O–H groups in total. The van der Waals surface area contributed by atoms with E-state index in [1.165, 1.54) is 17.8 Å². The molecule has 3 amide bonds. The SMILES string of the molecule is C=CCNC(=O)NC(=O)COC(=O)CCSc1ccc(Cl)cc1. The highest BCUT2D eigenvalue weighted by atomic mass is 35.5. The van der Waals surface area contributed by atoms with Crippen LogP contribution in [0.2, 0.25) is 5.02 Å². The van der Waals surface area contributed by atoms with Crippen molar-refractivity contribution < 1.29 is 19.1 Å². The monoisotopic (exact) mass is 356 g/mol. The molecule has 23 heavy (non-hydrogen) atoms. The Kier molecular flexibility index (Phi) is 8.86. The van der Waals surface area contributed by atoms with Gasteiger partial charge in [0.15, 0.2) is 6.61 Å². The maximum absolute atomic E-state index is 11.5. The van der Waals surface area contributed by atoms with Gasteiger partial charge in [0, 0.05) is 22.2 Å². The maximum Gasteiger partial charge on any atom is 0.321 e. The number of esters is 1. The maximum atomic E-state index is 11.5. The molecule has 0 unspecified atom stereocenters. The molecular weight excluding hydrogens is 340 g/mol. The van der Waals surface area contributed by atoms with Gasteiger partial charge in [-0.25, -0.2) is 4.79 Å². The van der Waals surface area contributed by atoms with Crippen molar-refractivity contribution in [1.29, 1.82) is 0 Å². The van der Waals surface area contributed by atoms with Crippen LogP contribution in [0.25, 0.3) is 0 Å². The van der Waals surface area contributed by atoms with Crippen molar-refractivity contribution in [2.24, 2.45) is 0 Å². The smallest absolute Gasteiger partial charge is 0.321 e. The van der Waals surface area contributed by atoms with E-state index in [4.69, 9.17) is 16.3 Å². The predicted molar refractivity (Wildman–Crippen MR) is 89.5 cm³/mol. The third kappa shape index (κ3) is 8.90. The summed E-state index contributed by atoms with van der Waals surface area (Å²) >= 11 is 7.25. The van der Waals surface area contributed by atoms with E-state index in [0.717, 1.165) is 4.90 Å². The van der Waals surface area contributed by atoms with Crippen LogP contribution in [0.15, 0.2) is 41.8 Å². The molecule has 0 aliphatic rings. The van der Waals surface area contributed by atoms with Gasteiger partial charge in [-0.2, -0.15) is 0 Å². The third-order valence-electron chi connectivity index (χ3n) is 2.41. The van der Waals surface area contributed by atoms with E-state index >= 15 is 0 Å². The van der Waals surface area contributed by atoms with Crippen molar-refractivity contribution in [2.75, 3.05) is 18.9 Å². The average Bonchev–Trinajstić information content (AvgIpc) is 2.53. The van der Waals surface area contributed by atoms with Gasteiger partial charge in [-0.3, -0.25) is 14.9 Å². The first-order valence-electron chi connectivity index (χ1n) is 6.74. The zero-order chi connectivity index (χ0) is 17.1. The predicted octanol–water partition coefficient (Wildman–Crippen LogP) is 2.38. The molecule has 0 fully saturated rings. The number of imide groups is 1. The van der Waals surface area contributed by atoms with E-state index in [9.17, 15) is 14.4 Å². The normalized spacial score (nSPS) is 9.78. The molecule has 0 atom stereocenters. The summed E-state index contributed by atoms with van der Waals surface area (Å²) in [6.07, 6.45) is 1.63. The van der Waals surface area contributed by atoms with Crippen molar-refractivity contribution >= 4 is 41.3 Å². The van der Waals surface area contributed by atoms with E-state index in [0.29, 0.717) is 10.8 Å². The summed E-state index contributed by atoms with van der Waals surface area (Å²) in [6, 6.07) is 6.58. The number of carbonyl (C=O) groups is 3. The Balaban J connectivity index is 2.16. The minimum absolute atomic E-state index is 0.156. The van der Waals surface area contributed by atoms with Crippen molar-refractivity contribution in [3.8, 4) is 0 Å².